The summed E-state index contributed by atoms with van der Waals surface area (Å²) in [7, 11) is 1.82. The molecule has 2 rings (SSSR count). The van der Waals surface area contributed by atoms with Gasteiger partial charge in [-0.05, 0) is 18.6 Å². The second-order valence-corrected chi connectivity index (χ2v) is 5.04. The molecule has 106 valence electrons. The molecule has 1 amide bonds. The van der Waals surface area contributed by atoms with Crippen LogP contribution in [0.1, 0.15) is 24.6 Å². The summed E-state index contributed by atoms with van der Waals surface area (Å²) in [5.74, 6) is -0.194. The van der Waals surface area contributed by atoms with Crippen LogP contribution in [-0.2, 0) is 24.0 Å². The van der Waals surface area contributed by atoms with Gasteiger partial charge in [-0.15, -0.1) is 0 Å². The summed E-state index contributed by atoms with van der Waals surface area (Å²) in [6.07, 6.45) is 1.70. The third-order valence-electron chi connectivity index (χ3n) is 3.29. The van der Waals surface area contributed by atoms with Crippen molar-refractivity contribution in [1.82, 2.24) is 15.1 Å². The summed E-state index contributed by atoms with van der Waals surface area (Å²) in [5.41, 5.74) is 0.478. The lowest BCUT2D eigenvalue weighted by atomic mass is 9.92. The molecule has 0 saturated heterocycles. The largest absolute Gasteiger partial charge is 0.385 e. The van der Waals surface area contributed by atoms with Crippen LogP contribution in [0.25, 0.3) is 0 Å². The van der Waals surface area contributed by atoms with E-state index in [-0.39, 0.29) is 12.3 Å². The maximum Gasteiger partial charge on any atom is 0.223 e. The normalized spacial score (nSPS) is 13.8. The van der Waals surface area contributed by atoms with Crippen molar-refractivity contribution >= 4 is 5.91 Å². The van der Waals surface area contributed by atoms with Gasteiger partial charge in [0.25, 0.3) is 0 Å². The van der Waals surface area contributed by atoms with Crippen molar-refractivity contribution in [2.75, 3.05) is 0 Å². The summed E-state index contributed by atoms with van der Waals surface area (Å²) < 4.78 is 1.70. The number of hydrogen-bond donors (Lipinski definition) is 2. The zero-order valence-corrected chi connectivity index (χ0v) is 11.7. The molecule has 1 unspecified atom stereocenters. The van der Waals surface area contributed by atoms with Crippen molar-refractivity contribution in [3.8, 4) is 0 Å². The van der Waals surface area contributed by atoms with Crippen LogP contribution in [0.3, 0.4) is 0 Å². The second-order valence-electron chi connectivity index (χ2n) is 5.04. The maximum atomic E-state index is 11.9. The molecule has 0 spiro atoms. The molecular weight excluding hydrogens is 254 g/mol. The van der Waals surface area contributed by atoms with E-state index >= 15 is 0 Å². The Balaban J connectivity index is 1.93. The van der Waals surface area contributed by atoms with E-state index in [1.165, 1.54) is 0 Å². The molecule has 1 atom stereocenters. The van der Waals surface area contributed by atoms with Crippen LogP contribution in [-0.4, -0.2) is 20.8 Å². The summed E-state index contributed by atoms with van der Waals surface area (Å²) in [4.78, 5) is 11.9. The first-order valence-electron chi connectivity index (χ1n) is 6.50. The molecule has 1 aromatic carbocycles. The van der Waals surface area contributed by atoms with Crippen LogP contribution in [0, 0.1) is 0 Å². The van der Waals surface area contributed by atoms with Crippen molar-refractivity contribution in [2.45, 2.75) is 25.5 Å². The number of rotatable bonds is 5. The van der Waals surface area contributed by atoms with Gasteiger partial charge in [-0.25, -0.2) is 0 Å². The molecular formula is C15H19N3O2. The van der Waals surface area contributed by atoms with E-state index in [4.69, 9.17) is 0 Å². The molecule has 0 saturated carbocycles. The van der Waals surface area contributed by atoms with Crippen molar-refractivity contribution in [3.63, 3.8) is 0 Å². The van der Waals surface area contributed by atoms with E-state index in [1.54, 1.807) is 17.8 Å². The number of benzene rings is 1. The number of amides is 1. The van der Waals surface area contributed by atoms with E-state index in [2.05, 4.69) is 10.4 Å². The van der Waals surface area contributed by atoms with Crippen LogP contribution < -0.4 is 5.32 Å². The average Bonchev–Trinajstić information content (AvgIpc) is 2.82. The first-order valence-corrected chi connectivity index (χ1v) is 6.50. The molecule has 0 fully saturated rings. The third kappa shape index (κ3) is 3.45. The van der Waals surface area contributed by atoms with E-state index < -0.39 is 5.60 Å². The molecule has 2 N–H and O–H groups in total. The Morgan fingerprint density at radius 1 is 1.35 bits per heavy atom. The fraction of sp³-hybridized carbons (Fsp3) is 0.333. The van der Waals surface area contributed by atoms with E-state index in [0.29, 0.717) is 6.54 Å². The minimum Gasteiger partial charge on any atom is -0.385 e. The molecule has 0 bridgehead atoms. The number of aryl methyl sites for hydroxylation is 1. The predicted octanol–water partition coefficient (Wildman–Crippen LogP) is 1.33. The Bertz CT molecular complexity index is 576. The van der Waals surface area contributed by atoms with Gasteiger partial charge < -0.3 is 10.4 Å². The molecule has 0 aliphatic rings. The highest BCUT2D eigenvalue weighted by atomic mass is 16.3. The van der Waals surface area contributed by atoms with Gasteiger partial charge in [-0.1, -0.05) is 30.3 Å². The minimum absolute atomic E-state index is 0.0227. The number of aromatic nitrogens is 2. The number of nitrogens with one attached hydrogen (secondary N) is 1. The van der Waals surface area contributed by atoms with Crippen LogP contribution in [0.2, 0.25) is 0 Å². The van der Waals surface area contributed by atoms with Crippen molar-refractivity contribution in [3.05, 3.63) is 53.9 Å². The smallest absolute Gasteiger partial charge is 0.223 e. The minimum atomic E-state index is -1.17. The Morgan fingerprint density at radius 2 is 2.05 bits per heavy atom. The number of carbonyl (C=O) groups is 1. The zero-order chi connectivity index (χ0) is 14.6. The number of carbonyl (C=O) groups excluding carboxylic acids is 1. The summed E-state index contributed by atoms with van der Waals surface area (Å²) in [6.45, 7) is 2.05. The maximum absolute atomic E-state index is 11.9. The number of aliphatic hydroxyl groups is 1. The van der Waals surface area contributed by atoms with Gasteiger partial charge in [0.05, 0.1) is 24.3 Å². The molecule has 20 heavy (non-hydrogen) atoms. The van der Waals surface area contributed by atoms with Gasteiger partial charge in [0, 0.05) is 13.2 Å². The quantitative estimate of drug-likeness (QED) is 0.863. The Hall–Kier alpha value is -2.14. The lowest BCUT2D eigenvalue weighted by Crippen LogP contribution is -2.32. The Labute approximate surface area is 118 Å². The standard InChI is InChI=1S/C15H19N3O2/c1-15(20,12-6-4-3-5-7-12)10-14(19)16-11-13-8-9-17-18(13)2/h3-9,20H,10-11H2,1-2H3,(H,16,19). The molecule has 2 aromatic rings. The summed E-state index contributed by atoms with van der Waals surface area (Å²) >= 11 is 0. The molecule has 5 heteroatoms. The second kappa shape index (κ2) is 5.88. The zero-order valence-electron chi connectivity index (χ0n) is 11.7. The highest BCUT2D eigenvalue weighted by Crippen LogP contribution is 2.23. The monoisotopic (exact) mass is 273 g/mol. The van der Waals surface area contributed by atoms with Gasteiger partial charge in [-0.2, -0.15) is 5.10 Å². The van der Waals surface area contributed by atoms with Crippen molar-refractivity contribution < 1.29 is 9.90 Å². The third-order valence-corrected chi connectivity index (χ3v) is 3.29. The van der Waals surface area contributed by atoms with Crippen LogP contribution >= 0.6 is 0 Å². The number of hydrogen-bond acceptors (Lipinski definition) is 3. The lowest BCUT2D eigenvalue weighted by Gasteiger charge is -2.23. The van der Waals surface area contributed by atoms with Crippen LogP contribution in [0.15, 0.2) is 42.6 Å². The SMILES string of the molecule is Cn1nccc1CNC(=O)CC(C)(O)c1ccccc1. The topological polar surface area (TPSA) is 67.2 Å². The fourth-order valence-corrected chi connectivity index (χ4v) is 2.04. The average molecular weight is 273 g/mol. The van der Waals surface area contributed by atoms with Crippen LogP contribution in [0.4, 0.5) is 0 Å². The summed E-state index contributed by atoms with van der Waals surface area (Å²) in [5, 5.41) is 17.2. The highest BCUT2D eigenvalue weighted by Gasteiger charge is 2.26. The van der Waals surface area contributed by atoms with Crippen molar-refractivity contribution in [2.24, 2.45) is 7.05 Å². The van der Waals surface area contributed by atoms with Gasteiger partial charge in [0.15, 0.2) is 0 Å². The predicted molar refractivity (Wildman–Crippen MR) is 75.7 cm³/mol. The first kappa shape index (κ1) is 14.3. The number of nitrogens with zero attached hydrogens (tertiary/aromatic N) is 2. The molecule has 1 aromatic heterocycles. The fourth-order valence-electron chi connectivity index (χ4n) is 2.04. The van der Waals surface area contributed by atoms with E-state index in [1.807, 2.05) is 43.4 Å². The van der Waals surface area contributed by atoms with E-state index in [0.717, 1.165) is 11.3 Å². The molecule has 0 radical (unpaired) electrons. The molecule has 5 nitrogen and oxygen atoms in total. The molecule has 0 aliphatic carbocycles. The van der Waals surface area contributed by atoms with Gasteiger partial charge in [0.2, 0.25) is 5.91 Å². The van der Waals surface area contributed by atoms with Gasteiger partial charge >= 0.3 is 0 Å². The molecule has 0 aliphatic heterocycles. The van der Waals surface area contributed by atoms with Crippen molar-refractivity contribution in [1.29, 1.82) is 0 Å². The molecule has 1 heterocycles. The summed E-state index contributed by atoms with van der Waals surface area (Å²) in [6, 6.07) is 11.0. The van der Waals surface area contributed by atoms with Gasteiger partial charge in [0.1, 0.15) is 0 Å². The highest BCUT2D eigenvalue weighted by molar-refractivity contribution is 5.77. The first-order chi connectivity index (χ1) is 9.49. The Kier molecular flexibility index (Phi) is 4.20. The van der Waals surface area contributed by atoms with Crippen LogP contribution in [0.5, 0.6) is 0 Å². The van der Waals surface area contributed by atoms with E-state index in [9.17, 15) is 9.90 Å². The van der Waals surface area contributed by atoms with Gasteiger partial charge in [-0.3, -0.25) is 9.48 Å². The lowest BCUT2D eigenvalue weighted by molar-refractivity contribution is -0.126. The Morgan fingerprint density at radius 3 is 2.65 bits per heavy atom.